The quantitative estimate of drug-likeness (QED) is 0.604. The number of tetrazole rings is 1. The molecule has 1 amide bonds. The molecule has 0 aliphatic rings. The van der Waals surface area contributed by atoms with Gasteiger partial charge in [-0.05, 0) is 54.4 Å². The predicted octanol–water partition coefficient (Wildman–Crippen LogP) is 2.78. The van der Waals surface area contributed by atoms with Gasteiger partial charge in [0.05, 0.1) is 6.54 Å². The highest BCUT2D eigenvalue weighted by Crippen LogP contribution is 2.21. The van der Waals surface area contributed by atoms with E-state index in [1.54, 1.807) is 16.4 Å². The van der Waals surface area contributed by atoms with Gasteiger partial charge in [0.1, 0.15) is 0 Å². The Hall–Kier alpha value is -2.71. The van der Waals surface area contributed by atoms with Crippen LogP contribution in [-0.4, -0.2) is 51.7 Å². The molecule has 1 N–H and O–H groups in total. The molecule has 0 saturated carbocycles. The maximum absolute atomic E-state index is 12.4. The summed E-state index contributed by atoms with van der Waals surface area (Å²) in [5.41, 5.74) is 2.45. The molecule has 0 atom stereocenters. The Bertz CT molecular complexity index is 881. The van der Waals surface area contributed by atoms with Crippen LogP contribution in [0.15, 0.2) is 59.8 Å². The average molecular weight is 382 g/mol. The van der Waals surface area contributed by atoms with Gasteiger partial charge in [-0.2, -0.15) is 0 Å². The molecular formula is C19H22N6OS. The van der Waals surface area contributed by atoms with Crippen molar-refractivity contribution in [3.8, 4) is 0 Å². The number of carbonyl (C=O) groups is 1. The van der Waals surface area contributed by atoms with Crippen LogP contribution in [-0.2, 0) is 12.3 Å². The number of nitrogens with one attached hydrogen (secondary N) is 1. The number of benzene rings is 2. The minimum atomic E-state index is -0.121. The number of hydrogen-bond acceptors (Lipinski definition) is 6. The van der Waals surface area contributed by atoms with E-state index >= 15 is 0 Å². The van der Waals surface area contributed by atoms with E-state index in [9.17, 15) is 4.79 Å². The second-order valence-electron chi connectivity index (χ2n) is 6.30. The molecular weight excluding hydrogens is 360 g/mol. The highest BCUT2D eigenvalue weighted by atomic mass is 32.2. The number of amides is 1. The van der Waals surface area contributed by atoms with Gasteiger partial charge in [-0.1, -0.05) is 42.1 Å². The van der Waals surface area contributed by atoms with Crippen molar-refractivity contribution >= 4 is 23.4 Å². The van der Waals surface area contributed by atoms with E-state index in [0.29, 0.717) is 11.3 Å². The molecule has 8 heteroatoms. The largest absolute Gasteiger partial charge is 0.322 e. The third-order valence-electron chi connectivity index (χ3n) is 3.85. The van der Waals surface area contributed by atoms with Gasteiger partial charge < -0.3 is 10.2 Å². The van der Waals surface area contributed by atoms with Crippen LogP contribution < -0.4 is 5.32 Å². The van der Waals surface area contributed by atoms with Crippen molar-refractivity contribution in [1.82, 2.24) is 25.1 Å². The molecule has 7 nitrogen and oxygen atoms in total. The molecule has 0 fully saturated rings. The maximum Gasteiger partial charge on any atom is 0.255 e. The Morgan fingerprint density at radius 2 is 1.96 bits per heavy atom. The summed E-state index contributed by atoms with van der Waals surface area (Å²) in [5.74, 6) is 0.568. The van der Waals surface area contributed by atoms with Gasteiger partial charge >= 0.3 is 0 Å². The molecule has 1 aromatic heterocycles. The van der Waals surface area contributed by atoms with Crippen LogP contribution in [0.3, 0.4) is 0 Å². The fourth-order valence-electron chi connectivity index (χ4n) is 2.41. The summed E-state index contributed by atoms with van der Waals surface area (Å²) in [6, 6.07) is 17.0. The van der Waals surface area contributed by atoms with Crippen LogP contribution >= 0.6 is 11.8 Å². The van der Waals surface area contributed by atoms with Crippen molar-refractivity contribution in [2.75, 3.05) is 26.0 Å². The summed E-state index contributed by atoms with van der Waals surface area (Å²) in [7, 11) is 4.03. The lowest BCUT2D eigenvalue weighted by molar-refractivity contribution is 0.102. The van der Waals surface area contributed by atoms with Crippen LogP contribution in [0.2, 0.25) is 0 Å². The van der Waals surface area contributed by atoms with Gasteiger partial charge in [0.15, 0.2) is 0 Å². The Kier molecular flexibility index (Phi) is 6.56. The molecule has 27 heavy (non-hydrogen) atoms. The van der Waals surface area contributed by atoms with E-state index in [4.69, 9.17) is 0 Å². The Balaban J connectivity index is 1.61. The van der Waals surface area contributed by atoms with E-state index in [-0.39, 0.29) is 5.91 Å². The molecule has 0 aliphatic carbocycles. The number of para-hydroxylation sites is 1. The van der Waals surface area contributed by atoms with Crippen LogP contribution in [0.5, 0.6) is 0 Å². The minimum Gasteiger partial charge on any atom is -0.322 e. The van der Waals surface area contributed by atoms with Crippen LogP contribution in [0, 0.1) is 0 Å². The summed E-state index contributed by atoms with van der Waals surface area (Å²) in [6.07, 6.45) is 0. The van der Waals surface area contributed by atoms with Crippen molar-refractivity contribution in [2.45, 2.75) is 17.5 Å². The van der Waals surface area contributed by atoms with Crippen molar-refractivity contribution in [2.24, 2.45) is 0 Å². The minimum absolute atomic E-state index is 0.121. The third kappa shape index (κ3) is 5.63. The fourth-order valence-corrected chi connectivity index (χ4v) is 3.26. The zero-order valence-corrected chi connectivity index (χ0v) is 16.2. The highest BCUT2D eigenvalue weighted by Gasteiger charge is 2.10. The first-order valence-corrected chi connectivity index (χ1v) is 9.59. The summed E-state index contributed by atoms with van der Waals surface area (Å²) in [6.45, 7) is 1.61. The number of likely N-dealkylation sites (N-methyl/N-ethyl adjacent to an activating group) is 1. The molecule has 2 aromatic carbocycles. The van der Waals surface area contributed by atoms with Crippen molar-refractivity contribution in [3.63, 3.8) is 0 Å². The Labute approximate surface area is 162 Å². The smallest absolute Gasteiger partial charge is 0.255 e. The fraction of sp³-hybridized carbons (Fsp3) is 0.263. The molecule has 1 heterocycles. The highest BCUT2D eigenvalue weighted by molar-refractivity contribution is 7.98. The molecule has 0 aliphatic heterocycles. The van der Waals surface area contributed by atoms with Crippen LogP contribution in [0.25, 0.3) is 0 Å². The van der Waals surface area contributed by atoms with Crippen LogP contribution in [0.4, 0.5) is 5.69 Å². The Morgan fingerprint density at radius 1 is 1.15 bits per heavy atom. The zero-order valence-electron chi connectivity index (χ0n) is 15.4. The average Bonchev–Trinajstić information content (AvgIpc) is 3.13. The molecule has 0 unspecified atom stereocenters. The topological polar surface area (TPSA) is 75.9 Å². The van der Waals surface area contributed by atoms with Crippen molar-refractivity contribution in [1.29, 1.82) is 0 Å². The molecule has 0 radical (unpaired) electrons. The van der Waals surface area contributed by atoms with Gasteiger partial charge in [-0.15, -0.1) is 5.10 Å². The molecule has 3 rings (SSSR count). The number of thioether (sulfide) groups is 1. The Morgan fingerprint density at radius 3 is 2.74 bits per heavy atom. The van der Waals surface area contributed by atoms with E-state index in [1.165, 1.54) is 0 Å². The summed E-state index contributed by atoms with van der Waals surface area (Å²) >= 11 is 1.56. The van der Waals surface area contributed by atoms with Crippen molar-refractivity contribution < 1.29 is 4.79 Å². The van der Waals surface area contributed by atoms with Gasteiger partial charge in [0.25, 0.3) is 5.91 Å². The van der Waals surface area contributed by atoms with Crippen molar-refractivity contribution in [3.05, 3.63) is 65.7 Å². The second kappa shape index (κ2) is 9.29. The number of anilines is 1. The molecule has 0 spiro atoms. The lowest BCUT2D eigenvalue weighted by Gasteiger charge is -2.10. The monoisotopic (exact) mass is 382 g/mol. The van der Waals surface area contributed by atoms with E-state index in [0.717, 1.165) is 29.5 Å². The number of carbonyl (C=O) groups excluding carboxylic acids is 1. The lowest BCUT2D eigenvalue weighted by Crippen LogP contribution is -2.19. The number of hydrogen-bond donors (Lipinski definition) is 1. The normalized spacial score (nSPS) is 10.9. The van der Waals surface area contributed by atoms with E-state index in [1.807, 2.05) is 68.7 Å². The third-order valence-corrected chi connectivity index (χ3v) is 4.88. The molecule has 0 bridgehead atoms. The van der Waals surface area contributed by atoms with Gasteiger partial charge in [-0.3, -0.25) is 4.79 Å². The molecule has 3 aromatic rings. The standard InChI is InChI=1S/C19H22N6OS/c1-24(2)11-12-25-19(21-22-23-25)27-14-15-7-6-8-16(13-15)18(26)20-17-9-4-3-5-10-17/h3-10,13H,11-12,14H2,1-2H3,(H,20,26). The van der Waals surface area contributed by atoms with Gasteiger partial charge in [0, 0.05) is 23.5 Å². The van der Waals surface area contributed by atoms with E-state index < -0.39 is 0 Å². The zero-order chi connectivity index (χ0) is 19.1. The molecule has 0 saturated heterocycles. The predicted molar refractivity (Wildman–Crippen MR) is 107 cm³/mol. The number of nitrogens with zero attached hydrogens (tertiary/aromatic N) is 5. The molecule has 140 valence electrons. The second-order valence-corrected chi connectivity index (χ2v) is 7.24. The first kappa shape index (κ1) is 19.1. The maximum atomic E-state index is 12.4. The number of aromatic nitrogens is 4. The van der Waals surface area contributed by atoms with Crippen LogP contribution in [0.1, 0.15) is 15.9 Å². The first-order chi connectivity index (χ1) is 13.1. The SMILES string of the molecule is CN(C)CCn1nnnc1SCc1cccc(C(=O)Nc2ccccc2)c1. The number of rotatable bonds is 8. The summed E-state index contributed by atoms with van der Waals surface area (Å²) in [4.78, 5) is 14.5. The van der Waals surface area contributed by atoms with Gasteiger partial charge in [0.2, 0.25) is 5.16 Å². The van der Waals surface area contributed by atoms with Gasteiger partial charge in [-0.25, -0.2) is 4.68 Å². The van der Waals surface area contributed by atoms with E-state index in [2.05, 4.69) is 25.7 Å². The first-order valence-electron chi connectivity index (χ1n) is 8.61. The summed E-state index contributed by atoms with van der Waals surface area (Å²) in [5, 5.41) is 15.6. The summed E-state index contributed by atoms with van der Waals surface area (Å²) < 4.78 is 1.80. The lowest BCUT2D eigenvalue weighted by atomic mass is 10.1.